The molecule has 0 aliphatic heterocycles. The largest absolute Gasteiger partial charge is 0.497 e. The predicted molar refractivity (Wildman–Crippen MR) is 54.1 cm³/mol. The fourth-order valence-electron chi connectivity index (χ4n) is 1.09. The number of benzene rings is 1. The quantitative estimate of drug-likeness (QED) is 0.761. The van der Waals surface area contributed by atoms with E-state index in [-0.39, 0.29) is 11.3 Å². The molecule has 0 bridgehead atoms. The fraction of sp³-hybridized carbons (Fsp3) is 0.182. The molecule has 0 saturated carbocycles. The maximum absolute atomic E-state index is 12.5. The van der Waals surface area contributed by atoms with Crippen molar-refractivity contribution in [2.75, 3.05) is 7.11 Å². The van der Waals surface area contributed by atoms with Gasteiger partial charge in [-0.2, -0.15) is 13.2 Å². The van der Waals surface area contributed by atoms with Crippen LogP contribution in [0.1, 0.15) is 11.1 Å². The van der Waals surface area contributed by atoms with Gasteiger partial charge in [-0.15, -0.1) is 0 Å². The van der Waals surface area contributed by atoms with Crippen LogP contribution in [0.15, 0.2) is 18.2 Å². The van der Waals surface area contributed by atoms with Gasteiger partial charge in [0, 0.05) is 5.56 Å². The second-order valence-corrected chi connectivity index (χ2v) is 3.06. The van der Waals surface area contributed by atoms with Gasteiger partial charge in [0.05, 0.1) is 12.7 Å². The van der Waals surface area contributed by atoms with E-state index in [0.29, 0.717) is 0 Å². The number of ether oxygens (including phenoxy) is 1. The van der Waals surface area contributed by atoms with Crippen LogP contribution in [0, 0.1) is 11.8 Å². The highest BCUT2D eigenvalue weighted by molar-refractivity contribution is 5.92. The van der Waals surface area contributed by atoms with E-state index in [0.717, 1.165) is 12.1 Å². The molecule has 90 valence electrons. The summed E-state index contributed by atoms with van der Waals surface area (Å²) in [6.07, 6.45) is -4.50. The van der Waals surface area contributed by atoms with Crippen molar-refractivity contribution in [1.29, 1.82) is 0 Å². The predicted octanol–water partition coefficient (Wildman–Crippen LogP) is 1.55. The Balaban J connectivity index is 3.25. The van der Waals surface area contributed by atoms with E-state index in [2.05, 4.69) is 5.92 Å². The molecule has 6 heteroatoms. The summed E-state index contributed by atoms with van der Waals surface area (Å²) in [5.74, 6) is 3.28. The molecule has 0 unspecified atom stereocenters. The minimum absolute atomic E-state index is 0.00796. The molecule has 0 saturated heterocycles. The molecule has 0 aliphatic rings. The lowest BCUT2D eigenvalue weighted by Gasteiger charge is -2.09. The van der Waals surface area contributed by atoms with Gasteiger partial charge < -0.3 is 10.5 Å². The van der Waals surface area contributed by atoms with Gasteiger partial charge in [-0.05, 0) is 24.1 Å². The number of primary amides is 1. The van der Waals surface area contributed by atoms with Gasteiger partial charge >= 0.3 is 6.18 Å². The summed E-state index contributed by atoms with van der Waals surface area (Å²) < 4.78 is 42.2. The van der Waals surface area contributed by atoms with Gasteiger partial charge in [0.1, 0.15) is 5.75 Å². The molecule has 0 aromatic heterocycles. The first-order valence-corrected chi connectivity index (χ1v) is 4.40. The zero-order valence-electron chi connectivity index (χ0n) is 8.76. The Morgan fingerprint density at radius 3 is 2.47 bits per heavy atom. The van der Waals surface area contributed by atoms with E-state index in [1.165, 1.54) is 13.2 Å². The molecular weight excluding hydrogens is 235 g/mol. The van der Waals surface area contributed by atoms with Crippen LogP contribution in [0.5, 0.6) is 5.75 Å². The molecule has 1 amide bonds. The highest BCUT2D eigenvalue weighted by Crippen LogP contribution is 2.32. The van der Waals surface area contributed by atoms with Crippen LogP contribution in [0.3, 0.4) is 0 Å². The Hall–Kier alpha value is -2.16. The highest BCUT2D eigenvalue weighted by Gasteiger charge is 2.31. The number of methoxy groups -OCH3 is 1. The Bertz CT molecular complexity index is 498. The maximum Gasteiger partial charge on any atom is 0.416 e. The van der Waals surface area contributed by atoms with E-state index in [4.69, 9.17) is 10.5 Å². The Kier molecular flexibility index (Phi) is 3.63. The van der Waals surface area contributed by atoms with Crippen molar-refractivity contribution < 1.29 is 22.7 Å². The molecule has 1 aromatic rings. The number of carbonyl (C=O) groups excluding carboxylic acids is 1. The van der Waals surface area contributed by atoms with Crippen LogP contribution in [0.2, 0.25) is 0 Å². The minimum atomic E-state index is -4.50. The van der Waals surface area contributed by atoms with Crippen LogP contribution in [-0.2, 0) is 11.0 Å². The first-order chi connectivity index (χ1) is 7.82. The van der Waals surface area contributed by atoms with Gasteiger partial charge in [-0.1, -0.05) is 5.92 Å². The first kappa shape index (κ1) is 12.9. The summed E-state index contributed by atoms with van der Waals surface area (Å²) in [6.45, 7) is 0. The van der Waals surface area contributed by atoms with Crippen LogP contribution in [-0.4, -0.2) is 13.0 Å². The van der Waals surface area contributed by atoms with E-state index < -0.39 is 17.6 Å². The van der Waals surface area contributed by atoms with Crippen molar-refractivity contribution in [3.8, 4) is 17.6 Å². The molecule has 17 heavy (non-hydrogen) atoms. The molecular formula is C11H8F3NO2. The van der Waals surface area contributed by atoms with Crippen molar-refractivity contribution in [2.45, 2.75) is 6.18 Å². The number of nitrogens with two attached hydrogens (primary N) is 1. The summed E-state index contributed by atoms with van der Waals surface area (Å²) in [7, 11) is 1.24. The number of rotatable bonds is 1. The molecule has 0 fully saturated rings. The summed E-state index contributed by atoms with van der Waals surface area (Å²) in [5.41, 5.74) is 3.88. The Morgan fingerprint density at radius 2 is 2.00 bits per heavy atom. The molecule has 0 spiro atoms. The fourth-order valence-corrected chi connectivity index (χ4v) is 1.09. The third kappa shape index (κ3) is 3.72. The summed E-state index contributed by atoms with van der Waals surface area (Å²) >= 11 is 0. The molecule has 2 N–H and O–H groups in total. The lowest BCUT2D eigenvalue weighted by Crippen LogP contribution is -2.07. The van der Waals surface area contributed by atoms with Crippen molar-refractivity contribution in [2.24, 2.45) is 5.73 Å². The Labute approximate surface area is 95.4 Å². The third-order valence-electron chi connectivity index (χ3n) is 1.80. The number of halogens is 3. The lowest BCUT2D eigenvalue weighted by atomic mass is 10.1. The number of carbonyl (C=O) groups is 1. The van der Waals surface area contributed by atoms with Crippen molar-refractivity contribution in [3.05, 3.63) is 29.3 Å². The zero-order valence-corrected chi connectivity index (χ0v) is 8.76. The summed E-state index contributed by atoms with van der Waals surface area (Å²) in [6, 6.07) is 2.94. The second-order valence-electron chi connectivity index (χ2n) is 3.06. The molecule has 3 nitrogen and oxygen atoms in total. The SMILES string of the molecule is COc1cc(C#CC(N)=O)cc(C(F)(F)F)c1. The zero-order chi connectivity index (χ0) is 13.1. The van der Waals surface area contributed by atoms with Crippen LogP contribution in [0.4, 0.5) is 13.2 Å². The van der Waals surface area contributed by atoms with Gasteiger partial charge in [0.25, 0.3) is 5.91 Å². The van der Waals surface area contributed by atoms with Gasteiger partial charge in [0.2, 0.25) is 0 Å². The van der Waals surface area contributed by atoms with Crippen molar-refractivity contribution in [3.63, 3.8) is 0 Å². The standard InChI is InChI=1S/C11H8F3NO2/c1-17-9-5-7(2-3-10(15)16)4-8(6-9)11(12,13)14/h4-6H,1H3,(H2,15,16). The third-order valence-corrected chi connectivity index (χ3v) is 1.80. The topological polar surface area (TPSA) is 52.3 Å². The van der Waals surface area contributed by atoms with Crippen molar-refractivity contribution >= 4 is 5.91 Å². The molecule has 1 rings (SSSR count). The smallest absolute Gasteiger partial charge is 0.416 e. The summed E-state index contributed by atoms with van der Waals surface area (Å²) in [5, 5.41) is 0. The minimum Gasteiger partial charge on any atom is -0.497 e. The van der Waals surface area contributed by atoms with E-state index in [1.807, 2.05) is 5.92 Å². The molecule has 0 heterocycles. The summed E-state index contributed by atoms with van der Waals surface area (Å²) in [4.78, 5) is 10.4. The molecule has 1 aromatic carbocycles. The van der Waals surface area contributed by atoms with E-state index in [9.17, 15) is 18.0 Å². The molecule has 0 aliphatic carbocycles. The molecule has 0 radical (unpaired) electrons. The maximum atomic E-state index is 12.5. The number of amides is 1. The number of hydrogen-bond donors (Lipinski definition) is 1. The monoisotopic (exact) mass is 243 g/mol. The number of alkyl halides is 3. The van der Waals surface area contributed by atoms with Gasteiger partial charge in [-0.3, -0.25) is 4.79 Å². The second kappa shape index (κ2) is 4.78. The Morgan fingerprint density at radius 1 is 1.35 bits per heavy atom. The van der Waals surface area contributed by atoms with Crippen LogP contribution < -0.4 is 10.5 Å². The lowest BCUT2D eigenvalue weighted by molar-refractivity contribution is -0.137. The normalized spacial score (nSPS) is 10.4. The van der Waals surface area contributed by atoms with Gasteiger partial charge in [0.15, 0.2) is 0 Å². The average Bonchev–Trinajstić information content (AvgIpc) is 2.24. The van der Waals surface area contributed by atoms with E-state index in [1.54, 1.807) is 0 Å². The molecule has 0 atom stereocenters. The van der Waals surface area contributed by atoms with Crippen LogP contribution >= 0.6 is 0 Å². The van der Waals surface area contributed by atoms with E-state index >= 15 is 0 Å². The average molecular weight is 243 g/mol. The van der Waals surface area contributed by atoms with Gasteiger partial charge in [-0.25, -0.2) is 0 Å². The number of hydrogen-bond acceptors (Lipinski definition) is 2. The first-order valence-electron chi connectivity index (χ1n) is 4.40. The van der Waals surface area contributed by atoms with Crippen LogP contribution in [0.25, 0.3) is 0 Å². The highest BCUT2D eigenvalue weighted by atomic mass is 19.4. The van der Waals surface area contributed by atoms with Crippen molar-refractivity contribution in [1.82, 2.24) is 0 Å².